The number of fused-ring (bicyclic) bond motifs is 1. The zero-order valence-corrected chi connectivity index (χ0v) is 8.15. The monoisotopic (exact) mass is 208 g/mol. The van der Waals surface area contributed by atoms with E-state index in [4.69, 9.17) is 16.6 Å². The van der Waals surface area contributed by atoms with Crippen molar-refractivity contribution in [2.24, 2.45) is 0 Å². The summed E-state index contributed by atoms with van der Waals surface area (Å²) in [4.78, 5) is 0.287. The van der Waals surface area contributed by atoms with E-state index in [1.165, 1.54) is 17.7 Å². The fourth-order valence-electron chi connectivity index (χ4n) is 1.83. The van der Waals surface area contributed by atoms with Crippen LogP contribution < -0.4 is 0 Å². The largest absolute Gasteiger partial charge is 0.408 e. The second kappa shape index (κ2) is 2.78. The smallest absolute Gasteiger partial charge is 0.284 e. The molecule has 0 bridgehead atoms. The molecule has 0 radical (unpaired) electrons. The summed E-state index contributed by atoms with van der Waals surface area (Å²) in [5.41, 5.74) is 3.21. The molecule has 0 unspecified atom stereocenters. The topological polar surface area (TPSA) is 70.5 Å². The molecule has 6 heteroatoms. The number of aryl methyl sites for hydroxylation is 1. The van der Waals surface area contributed by atoms with Crippen LogP contribution in [0.25, 0.3) is 11.6 Å². The highest BCUT2D eigenvalue weighted by atomic mass is 32.1. The van der Waals surface area contributed by atoms with Crippen LogP contribution in [0.1, 0.15) is 17.7 Å². The minimum Gasteiger partial charge on any atom is -0.408 e. The molecule has 3 rings (SSSR count). The molecule has 14 heavy (non-hydrogen) atoms. The molecule has 72 valence electrons. The van der Waals surface area contributed by atoms with E-state index in [1.807, 2.05) is 0 Å². The summed E-state index contributed by atoms with van der Waals surface area (Å²) >= 11 is 4.81. The maximum Gasteiger partial charge on any atom is 0.284 e. The van der Waals surface area contributed by atoms with Crippen LogP contribution >= 0.6 is 12.2 Å². The van der Waals surface area contributed by atoms with Crippen LogP contribution in [-0.2, 0) is 12.8 Å². The fraction of sp³-hybridized carbons (Fsp3) is 0.375. The van der Waals surface area contributed by atoms with Crippen LogP contribution in [0.4, 0.5) is 0 Å². The number of nitrogens with zero attached hydrogens (tertiary/aromatic N) is 2. The van der Waals surface area contributed by atoms with Crippen molar-refractivity contribution < 1.29 is 4.42 Å². The molecule has 1 aliphatic rings. The van der Waals surface area contributed by atoms with Crippen LogP contribution in [0.15, 0.2) is 4.42 Å². The normalized spacial score (nSPS) is 14.6. The number of hydrogen-bond acceptors (Lipinski definition) is 4. The Morgan fingerprint density at radius 1 is 1.21 bits per heavy atom. The predicted molar refractivity (Wildman–Crippen MR) is 51.3 cm³/mol. The average Bonchev–Trinajstić information content (AvgIpc) is 2.77. The Morgan fingerprint density at radius 3 is 2.93 bits per heavy atom. The van der Waals surface area contributed by atoms with Crippen LogP contribution in [-0.4, -0.2) is 20.4 Å². The summed E-state index contributed by atoms with van der Waals surface area (Å²) in [7, 11) is 0. The maximum atomic E-state index is 5.22. The van der Waals surface area contributed by atoms with Gasteiger partial charge in [-0.25, -0.2) is 5.10 Å². The van der Waals surface area contributed by atoms with Gasteiger partial charge in [0.2, 0.25) is 0 Å². The van der Waals surface area contributed by atoms with E-state index in [9.17, 15) is 0 Å². The van der Waals surface area contributed by atoms with Gasteiger partial charge in [0.15, 0.2) is 5.69 Å². The Balaban J connectivity index is 2.17. The third-order valence-corrected chi connectivity index (χ3v) is 2.62. The molecule has 0 spiro atoms. The van der Waals surface area contributed by atoms with Gasteiger partial charge in [0.1, 0.15) is 0 Å². The molecule has 0 aliphatic heterocycles. The van der Waals surface area contributed by atoms with Gasteiger partial charge < -0.3 is 4.42 Å². The number of H-pyrrole nitrogens is 2. The molecular weight excluding hydrogens is 200 g/mol. The van der Waals surface area contributed by atoms with Gasteiger partial charge in [0, 0.05) is 11.3 Å². The van der Waals surface area contributed by atoms with Crippen molar-refractivity contribution in [2.45, 2.75) is 19.3 Å². The van der Waals surface area contributed by atoms with Gasteiger partial charge in [-0.3, -0.25) is 5.10 Å². The summed E-state index contributed by atoms with van der Waals surface area (Å²) in [5, 5.41) is 13.7. The lowest BCUT2D eigenvalue weighted by atomic mass is 10.2. The summed E-state index contributed by atoms with van der Waals surface area (Å²) in [6.07, 6.45) is 3.27. The van der Waals surface area contributed by atoms with Gasteiger partial charge in [-0.2, -0.15) is 5.10 Å². The Labute approximate surface area is 84.5 Å². The molecule has 2 aromatic rings. The summed E-state index contributed by atoms with van der Waals surface area (Å²) in [6.45, 7) is 0. The van der Waals surface area contributed by atoms with Gasteiger partial charge in [-0.05, 0) is 31.5 Å². The fourth-order valence-corrected chi connectivity index (χ4v) is 1.95. The molecule has 0 fully saturated rings. The molecule has 0 amide bonds. The lowest BCUT2D eigenvalue weighted by Crippen LogP contribution is -1.84. The first-order valence-electron chi connectivity index (χ1n) is 4.46. The van der Waals surface area contributed by atoms with Crippen LogP contribution in [0.2, 0.25) is 0 Å². The zero-order chi connectivity index (χ0) is 9.54. The van der Waals surface area contributed by atoms with E-state index in [-0.39, 0.29) is 4.84 Å². The minimum atomic E-state index is 0.287. The van der Waals surface area contributed by atoms with Gasteiger partial charge in [0.05, 0.1) is 0 Å². The van der Waals surface area contributed by atoms with Crippen LogP contribution in [0, 0.1) is 4.84 Å². The second-order valence-corrected chi connectivity index (χ2v) is 3.67. The first-order valence-corrected chi connectivity index (χ1v) is 4.87. The Bertz CT molecular complexity index is 523. The molecule has 2 heterocycles. The first-order chi connectivity index (χ1) is 6.84. The number of aromatic nitrogens is 4. The lowest BCUT2D eigenvalue weighted by molar-refractivity contribution is 0.549. The van der Waals surface area contributed by atoms with Gasteiger partial charge in [0.25, 0.3) is 10.7 Å². The van der Waals surface area contributed by atoms with Gasteiger partial charge >= 0.3 is 0 Å². The average molecular weight is 208 g/mol. The molecule has 0 atom stereocenters. The van der Waals surface area contributed by atoms with Crippen molar-refractivity contribution in [3.05, 3.63) is 16.1 Å². The predicted octanol–water partition coefficient (Wildman–Crippen LogP) is 1.61. The molecular formula is C8H8N4OS. The lowest BCUT2D eigenvalue weighted by Gasteiger charge is -1.90. The van der Waals surface area contributed by atoms with Crippen molar-refractivity contribution in [3.8, 4) is 11.6 Å². The van der Waals surface area contributed by atoms with Crippen molar-refractivity contribution in [3.63, 3.8) is 0 Å². The third kappa shape index (κ3) is 1.04. The highest BCUT2D eigenvalue weighted by Gasteiger charge is 2.21. The Morgan fingerprint density at radius 2 is 2.14 bits per heavy atom. The molecule has 5 nitrogen and oxygen atoms in total. The molecule has 0 aromatic carbocycles. The SMILES string of the molecule is S=c1[nH]nc(-c2n[nH]c3c2CCC3)o1. The van der Waals surface area contributed by atoms with E-state index in [0.29, 0.717) is 5.89 Å². The van der Waals surface area contributed by atoms with Crippen molar-refractivity contribution in [2.75, 3.05) is 0 Å². The maximum absolute atomic E-state index is 5.22. The zero-order valence-electron chi connectivity index (χ0n) is 7.33. The number of hydrogen-bond donors (Lipinski definition) is 2. The minimum absolute atomic E-state index is 0.287. The number of nitrogens with one attached hydrogen (secondary N) is 2. The van der Waals surface area contributed by atoms with E-state index >= 15 is 0 Å². The molecule has 1 aliphatic carbocycles. The van der Waals surface area contributed by atoms with E-state index in [1.54, 1.807) is 0 Å². The van der Waals surface area contributed by atoms with Crippen molar-refractivity contribution in [1.82, 2.24) is 20.4 Å². The molecule has 0 saturated heterocycles. The summed E-state index contributed by atoms with van der Waals surface area (Å²) < 4.78 is 5.22. The first kappa shape index (κ1) is 7.93. The van der Waals surface area contributed by atoms with Gasteiger partial charge in [-0.1, -0.05) is 0 Å². The Hall–Kier alpha value is -1.43. The van der Waals surface area contributed by atoms with Crippen molar-refractivity contribution in [1.29, 1.82) is 0 Å². The standard InChI is InChI=1S/C8H8N4OS/c14-8-12-11-7(13-8)6-4-2-1-3-5(4)9-10-6/h1-3H2,(H,9,10)(H,12,14). The number of rotatable bonds is 1. The Kier molecular flexibility index (Phi) is 1.57. The summed E-state index contributed by atoms with van der Waals surface area (Å²) in [6, 6.07) is 0. The highest BCUT2D eigenvalue weighted by Crippen LogP contribution is 2.28. The van der Waals surface area contributed by atoms with Gasteiger partial charge in [-0.15, -0.1) is 5.10 Å². The van der Waals surface area contributed by atoms with E-state index in [2.05, 4.69) is 20.4 Å². The highest BCUT2D eigenvalue weighted by molar-refractivity contribution is 7.71. The molecule has 2 N–H and O–H groups in total. The van der Waals surface area contributed by atoms with Crippen molar-refractivity contribution >= 4 is 12.2 Å². The molecule has 2 aromatic heterocycles. The van der Waals surface area contributed by atoms with E-state index < -0.39 is 0 Å². The summed E-state index contributed by atoms with van der Waals surface area (Å²) in [5.74, 6) is 0.481. The third-order valence-electron chi connectivity index (χ3n) is 2.45. The quantitative estimate of drug-likeness (QED) is 0.698. The number of aromatic amines is 2. The van der Waals surface area contributed by atoms with Crippen LogP contribution in [0.5, 0.6) is 0 Å². The second-order valence-electron chi connectivity index (χ2n) is 3.30. The molecule has 0 saturated carbocycles. The van der Waals surface area contributed by atoms with E-state index in [0.717, 1.165) is 18.5 Å². The van der Waals surface area contributed by atoms with Crippen LogP contribution in [0.3, 0.4) is 0 Å².